The van der Waals surface area contributed by atoms with Gasteiger partial charge >= 0.3 is 0 Å². The highest BCUT2D eigenvalue weighted by molar-refractivity contribution is 6.06. The number of aliphatic hydroxyl groups is 1. The number of aryl methyl sites for hydroxylation is 1. The molecule has 2 aromatic heterocycles. The van der Waals surface area contributed by atoms with Gasteiger partial charge in [0, 0.05) is 18.4 Å². The predicted octanol–water partition coefficient (Wildman–Crippen LogP) is 3.60. The first-order valence-electron chi connectivity index (χ1n) is 7.86. The van der Waals surface area contributed by atoms with Crippen molar-refractivity contribution in [3.8, 4) is 0 Å². The number of hydrogen-bond acceptors (Lipinski definition) is 2. The van der Waals surface area contributed by atoms with Gasteiger partial charge in [-0.1, -0.05) is 37.5 Å². The van der Waals surface area contributed by atoms with E-state index in [1.54, 1.807) is 0 Å². The molecule has 1 fully saturated rings. The molecule has 3 aromatic rings. The van der Waals surface area contributed by atoms with E-state index in [0.29, 0.717) is 5.92 Å². The molecule has 1 N–H and O–H groups in total. The SMILES string of the molecule is Cn1ncc2c1c1ccccc1n2C(O)C1CCCCC1. The first-order valence-corrected chi connectivity index (χ1v) is 7.86. The number of nitrogens with zero attached hydrogens (tertiary/aromatic N) is 3. The van der Waals surface area contributed by atoms with Gasteiger partial charge in [-0.3, -0.25) is 4.68 Å². The van der Waals surface area contributed by atoms with Crippen LogP contribution in [-0.2, 0) is 7.05 Å². The fourth-order valence-electron chi connectivity index (χ4n) is 3.86. The molecule has 2 heterocycles. The summed E-state index contributed by atoms with van der Waals surface area (Å²) in [5.74, 6) is 0.359. The first kappa shape index (κ1) is 12.9. The summed E-state index contributed by atoms with van der Waals surface area (Å²) in [6.07, 6.45) is 7.44. The van der Waals surface area contributed by atoms with Gasteiger partial charge in [-0.15, -0.1) is 0 Å². The van der Waals surface area contributed by atoms with Crippen LogP contribution in [0.15, 0.2) is 30.5 Å². The fraction of sp³-hybridized carbons (Fsp3) is 0.471. The number of aromatic nitrogens is 3. The summed E-state index contributed by atoms with van der Waals surface area (Å²) >= 11 is 0. The van der Waals surface area contributed by atoms with Crippen LogP contribution in [0.5, 0.6) is 0 Å². The summed E-state index contributed by atoms with van der Waals surface area (Å²) in [6, 6.07) is 8.30. The van der Waals surface area contributed by atoms with E-state index in [-0.39, 0.29) is 0 Å². The number of fused-ring (bicyclic) bond motifs is 3. The molecular weight excluding hydrogens is 262 g/mol. The molecule has 4 rings (SSSR count). The molecule has 1 aliphatic rings. The Bertz CT molecular complexity index is 780. The third-order valence-electron chi connectivity index (χ3n) is 4.93. The lowest BCUT2D eigenvalue weighted by atomic mass is 9.88. The molecule has 0 amide bonds. The normalized spacial score (nSPS) is 18.6. The molecule has 1 aromatic carbocycles. The van der Waals surface area contributed by atoms with Crippen LogP contribution in [-0.4, -0.2) is 19.5 Å². The maximum atomic E-state index is 11.0. The molecule has 1 saturated carbocycles. The van der Waals surface area contributed by atoms with Crippen LogP contribution in [0, 0.1) is 5.92 Å². The van der Waals surface area contributed by atoms with E-state index in [1.165, 1.54) is 24.6 Å². The summed E-state index contributed by atoms with van der Waals surface area (Å²) in [5, 5.41) is 16.5. The molecule has 4 nitrogen and oxygen atoms in total. The number of hydrogen-bond donors (Lipinski definition) is 1. The third kappa shape index (κ3) is 1.89. The molecule has 0 saturated heterocycles. The predicted molar refractivity (Wildman–Crippen MR) is 84.0 cm³/mol. The van der Waals surface area contributed by atoms with Crippen LogP contribution in [0.1, 0.15) is 38.3 Å². The Kier molecular flexibility index (Phi) is 3.00. The second-order valence-electron chi connectivity index (χ2n) is 6.20. The molecule has 1 aliphatic carbocycles. The van der Waals surface area contributed by atoms with Crippen LogP contribution in [0.25, 0.3) is 21.9 Å². The summed E-state index contributed by atoms with van der Waals surface area (Å²) in [6.45, 7) is 0. The maximum Gasteiger partial charge on any atom is 0.134 e. The van der Waals surface area contributed by atoms with Gasteiger partial charge in [0.1, 0.15) is 6.23 Å². The number of aliphatic hydroxyl groups excluding tert-OH is 1. The van der Waals surface area contributed by atoms with Gasteiger partial charge in [-0.25, -0.2) is 0 Å². The van der Waals surface area contributed by atoms with Crippen molar-refractivity contribution in [3.63, 3.8) is 0 Å². The van der Waals surface area contributed by atoms with Gasteiger partial charge in [-0.2, -0.15) is 5.10 Å². The highest BCUT2D eigenvalue weighted by atomic mass is 16.3. The maximum absolute atomic E-state index is 11.0. The number of rotatable bonds is 2. The van der Waals surface area contributed by atoms with Crippen molar-refractivity contribution < 1.29 is 5.11 Å². The Balaban J connectivity index is 1.92. The summed E-state index contributed by atoms with van der Waals surface area (Å²) in [5.41, 5.74) is 3.26. The lowest BCUT2D eigenvalue weighted by molar-refractivity contribution is 0.0306. The van der Waals surface area contributed by atoms with Gasteiger partial charge in [0.25, 0.3) is 0 Å². The standard InChI is InChI=1S/C17H21N3O/c1-19-16-13-9-5-6-10-14(13)20(15(16)11-18-19)17(21)12-7-3-2-4-8-12/h5-6,9-12,17,21H,2-4,7-8H2,1H3. The molecule has 1 atom stereocenters. The fourth-order valence-corrected chi connectivity index (χ4v) is 3.86. The summed E-state index contributed by atoms with van der Waals surface area (Å²) in [7, 11) is 1.96. The minimum Gasteiger partial charge on any atom is -0.373 e. The van der Waals surface area contributed by atoms with Crippen molar-refractivity contribution in [1.82, 2.24) is 14.3 Å². The van der Waals surface area contributed by atoms with Crippen molar-refractivity contribution in [2.24, 2.45) is 13.0 Å². The minimum absolute atomic E-state index is 0.359. The van der Waals surface area contributed by atoms with E-state index >= 15 is 0 Å². The zero-order valence-electron chi connectivity index (χ0n) is 12.4. The molecule has 0 spiro atoms. The van der Waals surface area contributed by atoms with E-state index in [9.17, 15) is 5.11 Å². The Morgan fingerprint density at radius 1 is 1.14 bits per heavy atom. The summed E-state index contributed by atoms with van der Waals surface area (Å²) in [4.78, 5) is 0. The van der Waals surface area contributed by atoms with Crippen LogP contribution in [0.4, 0.5) is 0 Å². The van der Waals surface area contributed by atoms with E-state index in [4.69, 9.17) is 0 Å². The van der Waals surface area contributed by atoms with Crippen molar-refractivity contribution in [2.45, 2.75) is 38.3 Å². The molecule has 1 unspecified atom stereocenters. The second-order valence-corrected chi connectivity index (χ2v) is 6.20. The van der Waals surface area contributed by atoms with E-state index < -0.39 is 6.23 Å². The summed E-state index contributed by atoms with van der Waals surface area (Å²) < 4.78 is 4.00. The third-order valence-corrected chi connectivity index (χ3v) is 4.93. The van der Waals surface area contributed by atoms with Crippen molar-refractivity contribution in [1.29, 1.82) is 0 Å². The monoisotopic (exact) mass is 283 g/mol. The van der Waals surface area contributed by atoms with Crippen LogP contribution >= 0.6 is 0 Å². The van der Waals surface area contributed by atoms with E-state index in [0.717, 1.165) is 29.4 Å². The Hall–Kier alpha value is -1.81. The highest BCUT2D eigenvalue weighted by Gasteiger charge is 2.26. The molecule has 0 aliphatic heterocycles. The van der Waals surface area contributed by atoms with Gasteiger partial charge < -0.3 is 9.67 Å². The average molecular weight is 283 g/mol. The van der Waals surface area contributed by atoms with E-state index in [1.807, 2.05) is 30.1 Å². The number of benzene rings is 1. The van der Waals surface area contributed by atoms with Gasteiger partial charge in [0.15, 0.2) is 0 Å². The quantitative estimate of drug-likeness (QED) is 0.781. The minimum atomic E-state index is -0.447. The first-order chi connectivity index (χ1) is 10.3. The van der Waals surface area contributed by atoms with Crippen LogP contribution in [0.3, 0.4) is 0 Å². The van der Waals surface area contributed by atoms with Gasteiger partial charge in [-0.05, 0) is 18.9 Å². The Morgan fingerprint density at radius 2 is 1.90 bits per heavy atom. The molecule has 0 bridgehead atoms. The Labute approximate surface area is 124 Å². The molecule has 110 valence electrons. The molecular formula is C17H21N3O. The van der Waals surface area contributed by atoms with Crippen LogP contribution < -0.4 is 0 Å². The molecule has 4 heteroatoms. The second kappa shape index (κ2) is 4.88. The van der Waals surface area contributed by atoms with Crippen LogP contribution in [0.2, 0.25) is 0 Å². The van der Waals surface area contributed by atoms with Gasteiger partial charge in [0.05, 0.1) is 22.7 Å². The lowest BCUT2D eigenvalue weighted by Gasteiger charge is -2.28. The lowest BCUT2D eigenvalue weighted by Crippen LogP contribution is -2.21. The Morgan fingerprint density at radius 3 is 2.71 bits per heavy atom. The topological polar surface area (TPSA) is 43.0 Å². The van der Waals surface area contributed by atoms with Crippen molar-refractivity contribution in [2.75, 3.05) is 0 Å². The van der Waals surface area contributed by atoms with Crippen molar-refractivity contribution >= 4 is 21.9 Å². The average Bonchev–Trinajstić information content (AvgIpc) is 3.06. The number of para-hydroxylation sites is 1. The van der Waals surface area contributed by atoms with E-state index in [2.05, 4.69) is 21.8 Å². The smallest absolute Gasteiger partial charge is 0.134 e. The highest BCUT2D eigenvalue weighted by Crippen LogP contribution is 2.37. The molecule has 0 radical (unpaired) electrons. The molecule has 21 heavy (non-hydrogen) atoms. The van der Waals surface area contributed by atoms with Gasteiger partial charge in [0.2, 0.25) is 0 Å². The zero-order chi connectivity index (χ0) is 14.4. The largest absolute Gasteiger partial charge is 0.373 e. The zero-order valence-corrected chi connectivity index (χ0v) is 12.4. The van der Waals surface area contributed by atoms with Crippen molar-refractivity contribution in [3.05, 3.63) is 30.5 Å².